The van der Waals surface area contributed by atoms with Crippen molar-refractivity contribution in [3.05, 3.63) is 28.8 Å². The first-order chi connectivity index (χ1) is 8.60. The van der Waals surface area contributed by atoms with Crippen LogP contribution in [0.1, 0.15) is 23.5 Å². The molecule has 0 bridgehead atoms. The minimum absolute atomic E-state index is 0.0764. The van der Waals surface area contributed by atoms with Crippen LogP contribution in [0.25, 0.3) is 0 Å². The minimum Gasteiger partial charge on any atom is -0.508 e. The molecule has 0 fully saturated rings. The van der Waals surface area contributed by atoms with Crippen LogP contribution >= 0.6 is 11.3 Å². The summed E-state index contributed by atoms with van der Waals surface area (Å²) in [5, 5.41) is 22.6. The molecule has 0 radical (unpaired) electrons. The van der Waals surface area contributed by atoms with Gasteiger partial charge in [-0.05, 0) is 32.0 Å². The van der Waals surface area contributed by atoms with E-state index in [4.69, 9.17) is 4.74 Å². The Bertz CT molecular complexity index is 542. The SMILES string of the molecule is COc1ccc(O)c(C(C)Nc2nnc(C)s2)c1. The lowest BCUT2D eigenvalue weighted by atomic mass is 10.1. The first-order valence-corrected chi connectivity index (χ1v) is 6.35. The van der Waals surface area contributed by atoms with Crippen LogP contribution in [0.5, 0.6) is 11.5 Å². The molecule has 6 heteroatoms. The summed E-state index contributed by atoms with van der Waals surface area (Å²) in [6, 6.07) is 5.08. The summed E-state index contributed by atoms with van der Waals surface area (Å²) >= 11 is 1.48. The number of aromatic nitrogens is 2. The van der Waals surface area contributed by atoms with Gasteiger partial charge in [-0.1, -0.05) is 11.3 Å². The van der Waals surface area contributed by atoms with Crippen LogP contribution in [0.2, 0.25) is 0 Å². The van der Waals surface area contributed by atoms with Crippen molar-refractivity contribution in [3.63, 3.8) is 0 Å². The number of phenols is 1. The second-order valence-corrected chi connectivity index (χ2v) is 5.10. The molecule has 1 aromatic heterocycles. The number of aryl methyl sites for hydroxylation is 1. The van der Waals surface area contributed by atoms with Gasteiger partial charge in [-0.2, -0.15) is 0 Å². The van der Waals surface area contributed by atoms with Gasteiger partial charge in [0.2, 0.25) is 5.13 Å². The molecule has 0 amide bonds. The summed E-state index contributed by atoms with van der Waals surface area (Å²) < 4.78 is 5.15. The Kier molecular flexibility index (Phi) is 3.66. The van der Waals surface area contributed by atoms with E-state index in [0.717, 1.165) is 15.7 Å². The third kappa shape index (κ3) is 2.70. The highest BCUT2D eigenvalue weighted by Gasteiger charge is 2.13. The molecule has 2 aromatic rings. The first-order valence-electron chi connectivity index (χ1n) is 5.53. The number of anilines is 1. The predicted octanol–water partition coefficient (Wildman–Crippen LogP) is 2.73. The lowest BCUT2D eigenvalue weighted by Gasteiger charge is -2.15. The second-order valence-electron chi connectivity index (χ2n) is 3.92. The molecule has 1 atom stereocenters. The van der Waals surface area contributed by atoms with Crippen molar-refractivity contribution in [2.24, 2.45) is 0 Å². The van der Waals surface area contributed by atoms with E-state index < -0.39 is 0 Å². The molecule has 2 rings (SSSR count). The molecular weight excluding hydrogens is 250 g/mol. The molecule has 2 N–H and O–H groups in total. The molecule has 0 saturated heterocycles. The summed E-state index contributed by atoms with van der Waals surface area (Å²) in [5.74, 6) is 0.946. The van der Waals surface area contributed by atoms with E-state index >= 15 is 0 Å². The second kappa shape index (κ2) is 5.22. The Morgan fingerprint density at radius 2 is 2.17 bits per heavy atom. The lowest BCUT2D eigenvalue weighted by molar-refractivity contribution is 0.410. The molecule has 5 nitrogen and oxygen atoms in total. The van der Waals surface area contributed by atoms with Crippen molar-refractivity contribution in [2.45, 2.75) is 19.9 Å². The molecule has 0 aliphatic heterocycles. The van der Waals surface area contributed by atoms with Crippen LogP contribution < -0.4 is 10.1 Å². The fourth-order valence-electron chi connectivity index (χ4n) is 1.62. The van der Waals surface area contributed by atoms with Gasteiger partial charge >= 0.3 is 0 Å². The van der Waals surface area contributed by atoms with Crippen molar-refractivity contribution in [3.8, 4) is 11.5 Å². The largest absolute Gasteiger partial charge is 0.508 e. The fourth-order valence-corrected chi connectivity index (χ4v) is 2.30. The van der Waals surface area contributed by atoms with Gasteiger partial charge in [0.05, 0.1) is 13.2 Å². The van der Waals surface area contributed by atoms with Gasteiger partial charge in [0.15, 0.2) is 0 Å². The smallest absolute Gasteiger partial charge is 0.206 e. The highest BCUT2D eigenvalue weighted by Crippen LogP contribution is 2.30. The Balaban J connectivity index is 2.20. The van der Waals surface area contributed by atoms with Gasteiger partial charge in [-0.3, -0.25) is 0 Å². The van der Waals surface area contributed by atoms with Crippen LogP contribution in [-0.4, -0.2) is 22.4 Å². The quantitative estimate of drug-likeness (QED) is 0.889. The van der Waals surface area contributed by atoms with Gasteiger partial charge in [0, 0.05) is 5.56 Å². The topological polar surface area (TPSA) is 67.3 Å². The number of methoxy groups -OCH3 is 1. The molecular formula is C12H15N3O2S. The molecule has 18 heavy (non-hydrogen) atoms. The van der Waals surface area contributed by atoms with E-state index in [1.807, 2.05) is 13.8 Å². The molecule has 0 saturated carbocycles. The van der Waals surface area contributed by atoms with E-state index in [-0.39, 0.29) is 11.8 Å². The molecule has 1 aromatic carbocycles. The number of nitrogens with zero attached hydrogens (tertiary/aromatic N) is 2. The molecule has 0 aliphatic carbocycles. The van der Waals surface area contributed by atoms with Crippen LogP contribution in [0.15, 0.2) is 18.2 Å². The third-order valence-corrected chi connectivity index (χ3v) is 3.34. The normalized spacial score (nSPS) is 12.2. The van der Waals surface area contributed by atoms with Gasteiger partial charge in [-0.25, -0.2) is 0 Å². The lowest BCUT2D eigenvalue weighted by Crippen LogP contribution is -2.06. The van der Waals surface area contributed by atoms with Crippen molar-refractivity contribution in [2.75, 3.05) is 12.4 Å². The standard InChI is InChI=1S/C12H15N3O2S/c1-7(13-12-15-14-8(2)18-12)10-6-9(17-3)4-5-11(10)16/h4-7,16H,1-3H3,(H,13,15). The van der Waals surface area contributed by atoms with Crippen LogP contribution in [-0.2, 0) is 0 Å². The van der Waals surface area contributed by atoms with Crippen molar-refractivity contribution >= 4 is 16.5 Å². The summed E-state index contributed by atoms with van der Waals surface area (Å²) in [4.78, 5) is 0. The zero-order valence-electron chi connectivity index (χ0n) is 10.5. The van der Waals surface area contributed by atoms with E-state index in [1.54, 1.807) is 25.3 Å². The number of benzene rings is 1. The first kappa shape index (κ1) is 12.6. The average molecular weight is 265 g/mol. The number of hydrogen-bond acceptors (Lipinski definition) is 6. The predicted molar refractivity (Wildman–Crippen MR) is 71.3 cm³/mol. The molecule has 0 spiro atoms. The van der Waals surface area contributed by atoms with Crippen molar-refractivity contribution in [1.82, 2.24) is 10.2 Å². The Labute approximate surface area is 109 Å². The maximum Gasteiger partial charge on any atom is 0.206 e. The van der Waals surface area contributed by atoms with E-state index in [1.165, 1.54) is 11.3 Å². The third-order valence-electron chi connectivity index (χ3n) is 2.57. The Morgan fingerprint density at radius 1 is 1.39 bits per heavy atom. The van der Waals surface area contributed by atoms with Crippen LogP contribution in [0, 0.1) is 6.92 Å². The minimum atomic E-state index is -0.0764. The Hall–Kier alpha value is -1.82. The molecule has 0 aliphatic rings. The maximum absolute atomic E-state index is 9.86. The van der Waals surface area contributed by atoms with Gasteiger partial charge in [0.25, 0.3) is 0 Å². The van der Waals surface area contributed by atoms with Gasteiger partial charge < -0.3 is 15.2 Å². The summed E-state index contributed by atoms with van der Waals surface area (Å²) in [5.41, 5.74) is 0.766. The maximum atomic E-state index is 9.86. The number of nitrogens with one attached hydrogen (secondary N) is 1. The van der Waals surface area contributed by atoms with Crippen LogP contribution in [0.4, 0.5) is 5.13 Å². The zero-order chi connectivity index (χ0) is 13.1. The fraction of sp³-hybridized carbons (Fsp3) is 0.333. The summed E-state index contributed by atoms with van der Waals surface area (Å²) in [7, 11) is 1.60. The number of aromatic hydroxyl groups is 1. The highest BCUT2D eigenvalue weighted by molar-refractivity contribution is 7.15. The van der Waals surface area contributed by atoms with E-state index in [0.29, 0.717) is 5.75 Å². The number of ether oxygens (including phenoxy) is 1. The average Bonchev–Trinajstić information content (AvgIpc) is 2.75. The van der Waals surface area contributed by atoms with Crippen molar-refractivity contribution in [1.29, 1.82) is 0 Å². The van der Waals surface area contributed by atoms with Gasteiger partial charge in [0.1, 0.15) is 16.5 Å². The van der Waals surface area contributed by atoms with E-state index in [2.05, 4.69) is 15.5 Å². The summed E-state index contributed by atoms with van der Waals surface area (Å²) in [6.45, 7) is 3.85. The summed E-state index contributed by atoms with van der Waals surface area (Å²) in [6.07, 6.45) is 0. The zero-order valence-corrected chi connectivity index (χ0v) is 11.3. The molecule has 96 valence electrons. The van der Waals surface area contributed by atoms with Crippen LogP contribution in [0.3, 0.4) is 0 Å². The van der Waals surface area contributed by atoms with E-state index in [9.17, 15) is 5.11 Å². The van der Waals surface area contributed by atoms with Gasteiger partial charge in [-0.15, -0.1) is 10.2 Å². The number of rotatable bonds is 4. The highest BCUT2D eigenvalue weighted by atomic mass is 32.1. The Morgan fingerprint density at radius 3 is 2.78 bits per heavy atom. The molecule has 1 unspecified atom stereocenters. The number of hydrogen-bond donors (Lipinski definition) is 2. The molecule has 1 heterocycles. The number of phenolic OH excluding ortho intramolecular Hbond substituents is 1. The monoisotopic (exact) mass is 265 g/mol. The van der Waals surface area contributed by atoms with Crippen molar-refractivity contribution < 1.29 is 9.84 Å².